The molecule has 0 bridgehead atoms. The van der Waals surface area contributed by atoms with Gasteiger partial charge in [0, 0.05) is 37.1 Å². The number of aryl methyl sites for hydroxylation is 1. The van der Waals surface area contributed by atoms with Crippen molar-refractivity contribution in [2.24, 2.45) is 0 Å². The Morgan fingerprint density at radius 2 is 1.39 bits per heavy atom. The number of hydrogen-bond acceptors (Lipinski definition) is 3. The highest BCUT2D eigenvalue weighted by atomic mass is 16.5. The molecule has 1 amide bonds. The maximum Gasteiger partial charge on any atom is 0.254 e. The van der Waals surface area contributed by atoms with Gasteiger partial charge in [-0.05, 0) is 30.5 Å². The number of hydrogen-bond donors (Lipinski definition) is 0. The Balaban J connectivity index is 1.32. The predicted octanol–water partition coefficient (Wildman–Crippen LogP) is 4.92. The first-order valence-electron chi connectivity index (χ1n) is 10.9. The molecule has 4 nitrogen and oxygen atoms in total. The van der Waals surface area contributed by atoms with Crippen LogP contribution in [0.25, 0.3) is 0 Å². The topological polar surface area (TPSA) is 46.6 Å². The lowest BCUT2D eigenvalue weighted by Gasteiger charge is -2.44. The number of benzene rings is 3. The van der Waals surface area contributed by atoms with Crippen molar-refractivity contribution in [2.45, 2.75) is 31.3 Å². The first-order valence-corrected chi connectivity index (χ1v) is 10.9. The molecule has 0 unspecified atom stereocenters. The third-order valence-electron chi connectivity index (χ3n) is 6.55. The number of piperidine rings is 1. The minimum absolute atomic E-state index is 0.0778. The lowest BCUT2D eigenvalue weighted by molar-refractivity contribution is -0.0107. The third-order valence-corrected chi connectivity index (χ3v) is 6.55. The van der Waals surface area contributed by atoms with Crippen molar-refractivity contribution in [2.75, 3.05) is 13.1 Å². The molecule has 4 heteroatoms. The van der Waals surface area contributed by atoms with E-state index in [1.165, 1.54) is 5.56 Å². The maximum absolute atomic E-state index is 13.4. The van der Waals surface area contributed by atoms with E-state index in [2.05, 4.69) is 12.1 Å². The molecule has 2 heterocycles. The van der Waals surface area contributed by atoms with Gasteiger partial charge in [-0.15, -0.1) is 0 Å². The highest BCUT2D eigenvalue weighted by molar-refractivity contribution is 6.15. The summed E-state index contributed by atoms with van der Waals surface area (Å²) in [5.41, 5.74) is 2.60. The number of rotatable bonds is 3. The van der Waals surface area contributed by atoms with E-state index in [-0.39, 0.29) is 17.3 Å². The summed E-state index contributed by atoms with van der Waals surface area (Å²) in [6.45, 7) is 1.27. The van der Waals surface area contributed by atoms with E-state index < -0.39 is 0 Å². The van der Waals surface area contributed by atoms with Crippen molar-refractivity contribution in [3.05, 3.63) is 101 Å². The quantitative estimate of drug-likeness (QED) is 0.575. The van der Waals surface area contributed by atoms with Gasteiger partial charge in [0.05, 0.1) is 5.56 Å². The van der Waals surface area contributed by atoms with Crippen molar-refractivity contribution in [1.29, 1.82) is 0 Å². The van der Waals surface area contributed by atoms with E-state index in [9.17, 15) is 9.59 Å². The van der Waals surface area contributed by atoms with Crippen LogP contribution in [0.4, 0.5) is 0 Å². The number of ketones is 1. The highest BCUT2D eigenvalue weighted by Gasteiger charge is 2.40. The molecule has 0 saturated carbocycles. The largest absolute Gasteiger partial charge is 0.487 e. The summed E-state index contributed by atoms with van der Waals surface area (Å²) < 4.78 is 6.42. The Bertz CT molecular complexity index is 1110. The zero-order chi connectivity index (χ0) is 21.3. The molecule has 3 aromatic rings. The van der Waals surface area contributed by atoms with Crippen LogP contribution in [-0.4, -0.2) is 35.3 Å². The standard InChI is InChI=1S/C27H25NO3/c29-25(21-9-2-1-3-10-21)22-11-5-6-12-23(22)26(30)28-18-16-27(17-19-28)15-14-20-8-4-7-13-24(20)31-27/h1-13H,14-19H2. The SMILES string of the molecule is O=C(c1ccccc1)c1ccccc1C(=O)N1CCC2(CCc3ccccc3O2)CC1. The Hall–Kier alpha value is -3.40. The van der Waals surface area contributed by atoms with E-state index in [0.29, 0.717) is 29.8 Å². The minimum atomic E-state index is -0.190. The third kappa shape index (κ3) is 3.74. The molecule has 1 spiro atoms. The van der Waals surface area contributed by atoms with E-state index in [0.717, 1.165) is 31.4 Å². The normalized spacial score (nSPS) is 17.0. The van der Waals surface area contributed by atoms with Crippen molar-refractivity contribution in [1.82, 2.24) is 4.90 Å². The number of fused-ring (bicyclic) bond motifs is 1. The average Bonchev–Trinajstić information content (AvgIpc) is 2.84. The number of ether oxygens (including phenoxy) is 1. The van der Waals surface area contributed by atoms with Crippen molar-refractivity contribution in [3.63, 3.8) is 0 Å². The molecule has 0 radical (unpaired) electrons. The van der Waals surface area contributed by atoms with Gasteiger partial charge in [0.1, 0.15) is 11.4 Å². The van der Waals surface area contributed by atoms with Crippen LogP contribution in [-0.2, 0) is 6.42 Å². The second-order valence-electron chi connectivity index (χ2n) is 8.43. The van der Waals surface area contributed by atoms with Gasteiger partial charge in [-0.1, -0.05) is 66.7 Å². The molecule has 156 valence electrons. The van der Waals surface area contributed by atoms with Crippen LogP contribution < -0.4 is 4.74 Å². The van der Waals surface area contributed by atoms with Gasteiger partial charge in [0.25, 0.3) is 5.91 Å². The molecule has 0 aromatic heterocycles. The zero-order valence-electron chi connectivity index (χ0n) is 17.4. The number of nitrogens with zero attached hydrogens (tertiary/aromatic N) is 1. The van der Waals surface area contributed by atoms with E-state index >= 15 is 0 Å². The number of amides is 1. The number of likely N-dealkylation sites (tertiary alicyclic amines) is 1. The van der Waals surface area contributed by atoms with Crippen molar-refractivity contribution in [3.8, 4) is 5.75 Å². The van der Waals surface area contributed by atoms with Gasteiger partial charge in [-0.25, -0.2) is 0 Å². The molecule has 2 aliphatic heterocycles. The first kappa shape index (κ1) is 19.6. The average molecular weight is 412 g/mol. The molecule has 5 rings (SSSR count). The van der Waals surface area contributed by atoms with Crippen molar-refractivity contribution < 1.29 is 14.3 Å². The molecular formula is C27H25NO3. The van der Waals surface area contributed by atoms with Gasteiger partial charge in [-0.2, -0.15) is 0 Å². The zero-order valence-corrected chi connectivity index (χ0v) is 17.4. The summed E-state index contributed by atoms with van der Waals surface area (Å²) in [5, 5.41) is 0. The summed E-state index contributed by atoms with van der Waals surface area (Å²) in [4.78, 5) is 28.2. The van der Waals surface area contributed by atoms with E-state index in [4.69, 9.17) is 4.74 Å². The molecule has 3 aromatic carbocycles. The first-order chi connectivity index (χ1) is 15.2. The van der Waals surface area contributed by atoms with Crippen LogP contribution in [0.1, 0.15) is 51.1 Å². The monoisotopic (exact) mass is 411 g/mol. The molecule has 0 N–H and O–H groups in total. The summed E-state index contributed by atoms with van der Waals surface area (Å²) in [5.74, 6) is 0.781. The summed E-state index contributed by atoms with van der Waals surface area (Å²) >= 11 is 0. The molecule has 1 fully saturated rings. The Kier molecular flexibility index (Phi) is 5.06. The Morgan fingerprint density at radius 1 is 0.742 bits per heavy atom. The fourth-order valence-corrected chi connectivity index (χ4v) is 4.71. The molecule has 2 aliphatic rings. The van der Waals surface area contributed by atoms with Gasteiger partial charge < -0.3 is 9.64 Å². The van der Waals surface area contributed by atoms with Crippen molar-refractivity contribution >= 4 is 11.7 Å². The van der Waals surface area contributed by atoms with Gasteiger partial charge in [0.2, 0.25) is 0 Å². The molecular weight excluding hydrogens is 386 g/mol. The fourth-order valence-electron chi connectivity index (χ4n) is 4.71. The van der Waals surface area contributed by atoms with E-state index in [1.807, 2.05) is 47.4 Å². The van der Waals surface area contributed by atoms with Crippen LogP contribution in [0, 0.1) is 0 Å². The fraction of sp³-hybridized carbons (Fsp3) is 0.259. The number of para-hydroxylation sites is 1. The smallest absolute Gasteiger partial charge is 0.254 e. The van der Waals surface area contributed by atoms with Gasteiger partial charge in [0.15, 0.2) is 5.78 Å². The lowest BCUT2D eigenvalue weighted by atomic mass is 9.83. The second-order valence-corrected chi connectivity index (χ2v) is 8.43. The van der Waals surface area contributed by atoms with Crippen LogP contribution in [0.5, 0.6) is 5.75 Å². The van der Waals surface area contributed by atoms with Gasteiger partial charge >= 0.3 is 0 Å². The number of carbonyl (C=O) groups is 2. The molecule has 1 saturated heterocycles. The highest BCUT2D eigenvalue weighted by Crippen LogP contribution is 2.39. The van der Waals surface area contributed by atoms with Crippen LogP contribution >= 0.6 is 0 Å². The summed E-state index contributed by atoms with van der Waals surface area (Å²) in [7, 11) is 0. The lowest BCUT2D eigenvalue weighted by Crippen LogP contribution is -2.51. The van der Waals surface area contributed by atoms with Gasteiger partial charge in [-0.3, -0.25) is 9.59 Å². The van der Waals surface area contributed by atoms with Crippen LogP contribution in [0.2, 0.25) is 0 Å². The Morgan fingerprint density at radius 3 is 2.16 bits per heavy atom. The molecule has 0 aliphatic carbocycles. The molecule has 0 atom stereocenters. The maximum atomic E-state index is 13.4. The second kappa shape index (κ2) is 8.03. The summed E-state index contributed by atoms with van der Waals surface area (Å²) in [6.07, 6.45) is 3.61. The van der Waals surface area contributed by atoms with E-state index in [1.54, 1.807) is 24.3 Å². The van der Waals surface area contributed by atoms with Crippen LogP contribution in [0.15, 0.2) is 78.9 Å². The molecule has 31 heavy (non-hydrogen) atoms. The Labute approximate surface area is 182 Å². The van der Waals surface area contributed by atoms with Crippen LogP contribution in [0.3, 0.4) is 0 Å². The number of carbonyl (C=O) groups excluding carboxylic acids is 2. The summed E-state index contributed by atoms with van der Waals surface area (Å²) in [6, 6.07) is 24.5. The predicted molar refractivity (Wildman–Crippen MR) is 120 cm³/mol. The minimum Gasteiger partial charge on any atom is -0.487 e.